The Hall–Kier alpha value is 0.497. The van der Waals surface area contributed by atoms with Gasteiger partial charge in [-0.2, -0.15) is 0 Å². The third kappa shape index (κ3) is 533. The van der Waals surface area contributed by atoms with Gasteiger partial charge < -0.3 is 26.9 Å². The molecule has 0 unspecified atom stereocenters. The number of nitrogens with zero attached hydrogens (tertiary/aromatic N) is 1. The summed E-state index contributed by atoms with van der Waals surface area (Å²) in [6.07, 6.45) is 0. The van der Waals surface area contributed by atoms with Crippen molar-refractivity contribution in [1.29, 1.82) is 0 Å². The molecule has 5 N–H and O–H groups in total. The Morgan fingerprint density at radius 2 is 1.29 bits per heavy atom. The predicted octanol–water partition coefficient (Wildman–Crippen LogP) is -0.0397. The second-order valence-corrected chi connectivity index (χ2v) is 0.224. The minimum absolute atomic E-state index is 0. The van der Waals surface area contributed by atoms with Crippen LogP contribution in [-0.4, -0.2) is 10.6 Å². The fourth-order valence-electron chi connectivity index (χ4n) is 0. The Balaban J connectivity index is -0.0000000150. The molecule has 0 aromatic heterocycles. The topological polar surface area (TPSA) is 133 Å². The predicted molar refractivity (Wildman–Crippen MR) is 18.3 cm³/mol. The molecule has 0 aliphatic rings. The van der Waals surface area contributed by atoms with Crippen molar-refractivity contribution >= 4 is 0 Å². The van der Waals surface area contributed by atoms with Crippen LogP contribution in [0.2, 0.25) is 0 Å². The third-order valence-electron chi connectivity index (χ3n) is 0. The quantitative estimate of drug-likeness (QED) is 0.467. The van der Waals surface area contributed by atoms with Crippen LogP contribution in [0.3, 0.4) is 0 Å². The van der Waals surface area contributed by atoms with Crippen LogP contribution in [0.15, 0.2) is 0 Å². The van der Waals surface area contributed by atoms with Crippen molar-refractivity contribution in [3.8, 4) is 0 Å². The van der Waals surface area contributed by atoms with Crippen molar-refractivity contribution in [2.75, 3.05) is 0 Å². The molecule has 1 radical (unpaired) electrons. The summed E-state index contributed by atoms with van der Waals surface area (Å²) in [5.74, 6) is 0. The first kappa shape index (κ1) is 25.9. The minimum atomic E-state index is -1.75. The van der Waals surface area contributed by atoms with Gasteiger partial charge in [-0.15, -0.1) is 0 Å². The molecule has 7 heteroatoms. The van der Waals surface area contributed by atoms with Gasteiger partial charge in [0, 0.05) is 0 Å². The summed E-state index contributed by atoms with van der Waals surface area (Å²) in [7, 11) is 0. The molecule has 0 bridgehead atoms. The largest absolute Gasteiger partial charge is 1.00 e. The van der Waals surface area contributed by atoms with Gasteiger partial charge in [0.2, 0.25) is 0 Å². The summed E-state index contributed by atoms with van der Waals surface area (Å²) in [6, 6.07) is 0. The SMILES string of the molecule is O=[N+]([O-])[O-].[Ce+].[NH4+].[OH-]. The van der Waals surface area contributed by atoms with Crippen LogP contribution >= 0.6 is 0 Å². The van der Waals surface area contributed by atoms with Gasteiger partial charge in [-0.1, -0.05) is 0 Å². The van der Waals surface area contributed by atoms with E-state index in [1.165, 1.54) is 0 Å². The molecule has 43 valence electrons. The molecule has 0 spiro atoms. The van der Waals surface area contributed by atoms with E-state index in [0.717, 1.165) is 0 Å². The zero-order valence-electron chi connectivity index (χ0n) is 3.62. The van der Waals surface area contributed by atoms with Crippen LogP contribution in [0, 0.1) is 57.1 Å². The van der Waals surface area contributed by atoms with Gasteiger partial charge in [-0.25, -0.2) is 0 Å². The monoisotopic (exact) mass is 237 g/mol. The summed E-state index contributed by atoms with van der Waals surface area (Å²) in [5.41, 5.74) is 0. The molecule has 0 atom stereocenters. The first-order chi connectivity index (χ1) is 1.73. The molecule has 6 nitrogen and oxygen atoms in total. The Labute approximate surface area is 73.3 Å². The Bertz CT molecular complexity index is 32.7. The Kier molecular flexibility index (Phi) is 59.4. The van der Waals surface area contributed by atoms with Crippen LogP contribution in [0.25, 0.3) is 0 Å². The summed E-state index contributed by atoms with van der Waals surface area (Å²) in [5, 5.41) is 14.8. The molecule has 0 aromatic rings. The molecule has 0 saturated carbocycles. The van der Waals surface area contributed by atoms with Gasteiger partial charge in [0.1, 0.15) is 0 Å². The van der Waals surface area contributed by atoms with E-state index in [1.54, 1.807) is 0 Å². The summed E-state index contributed by atoms with van der Waals surface area (Å²) in [6.45, 7) is 0. The maximum Gasteiger partial charge on any atom is 1.00 e. The van der Waals surface area contributed by atoms with E-state index in [4.69, 9.17) is 15.3 Å². The minimum Gasteiger partial charge on any atom is -0.870 e. The number of hydrogen-bond acceptors (Lipinski definition) is 4. The van der Waals surface area contributed by atoms with E-state index < -0.39 is 5.09 Å². The molecular formula is H5CeN2O4. The maximum absolute atomic E-state index is 8.25. The van der Waals surface area contributed by atoms with Gasteiger partial charge in [0.05, 0.1) is 5.09 Å². The third-order valence-corrected chi connectivity index (χ3v) is 0. The molecule has 0 aliphatic carbocycles. The Morgan fingerprint density at radius 1 is 1.29 bits per heavy atom. The summed E-state index contributed by atoms with van der Waals surface area (Å²) in [4.78, 5) is 8.25. The van der Waals surface area contributed by atoms with Gasteiger partial charge in [0.15, 0.2) is 0 Å². The smallest absolute Gasteiger partial charge is 0.870 e. The molecule has 0 aliphatic heterocycles. The zero-order valence-corrected chi connectivity index (χ0v) is 6.76. The van der Waals surface area contributed by atoms with E-state index in [1.807, 2.05) is 0 Å². The molecule has 0 aromatic carbocycles. The Morgan fingerprint density at radius 3 is 1.29 bits per heavy atom. The van der Waals surface area contributed by atoms with Crippen molar-refractivity contribution in [3.63, 3.8) is 0 Å². The standard InChI is InChI=1S/Ce.NO3.H3N.H2O/c;2-1(3)4;;/h;;1H3;1H2/q+1;-1;;. The molecule has 0 amide bonds. The van der Waals surface area contributed by atoms with Crippen LogP contribution < -0.4 is 6.15 Å². The fourth-order valence-corrected chi connectivity index (χ4v) is 0. The summed E-state index contributed by atoms with van der Waals surface area (Å²) >= 11 is 0. The second-order valence-electron chi connectivity index (χ2n) is 0.224. The number of quaternary nitrogens is 1. The second kappa shape index (κ2) is 16.1. The van der Waals surface area contributed by atoms with Crippen molar-refractivity contribution in [3.05, 3.63) is 15.3 Å². The first-order valence-electron chi connectivity index (χ1n) is 0.548. The van der Waals surface area contributed by atoms with Crippen molar-refractivity contribution in [1.82, 2.24) is 6.15 Å². The van der Waals surface area contributed by atoms with Gasteiger partial charge in [-0.05, 0) is 0 Å². The van der Waals surface area contributed by atoms with E-state index in [2.05, 4.69) is 0 Å². The molecule has 0 saturated heterocycles. The van der Waals surface area contributed by atoms with E-state index in [0.29, 0.717) is 0 Å². The van der Waals surface area contributed by atoms with E-state index in [9.17, 15) is 0 Å². The molecule has 0 heterocycles. The molecule has 0 fully saturated rings. The van der Waals surface area contributed by atoms with Crippen molar-refractivity contribution in [2.45, 2.75) is 0 Å². The normalized spacial score (nSPS) is 3.43. The maximum atomic E-state index is 8.25. The molecular weight excluding hydrogens is 232 g/mol. The van der Waals surface area contributed by atoms with Crippen molar-refractivity contribution in [2.24, 2.45) is 0 Å². The molecule has 0 rings (SSSR count). The average Bonchev–Trinajstić information content (AvgIpc) is 0.811. The van der Waals surface area contributed by atoms with Gasteiger partial charge in [-0.3, -0.25) is 0 Å². The fraction of sp³-hybridized carbons (Fsp3) is 0. The summed E-state index contributed by atoms with van der Waals surface area (Å²) < 4.78 is 0. The van der Waals surface area contributed by atoms with Crippen LogP contribution in [-0.2, 0) is 0 Å². The first-order valence-corrected chi connectivity index (χ1v) is 0.548. The van der Waals surface area contributed by atoms with Crippen molar-refractivity contribution < 1.29 is 52.3 Å². The van der Waals surface area contributed by atoms with Crippen LogP contribution in [0.5, 0.6) is 0 Å². The average molecular weight is 237 g/mol. The molecule has 7 heavy (non-hydrogen) atoms. The van der Waals surface area contributed by atoms with E-state index >= 15 is 0 Å². The van der Waals surface area contributed by atoms with Gasteiger partial charge >= 0.3 is 41.7 Å². The van der Waals surface area contributed by atoms with Gasteiger partial charge in [0.25, 0.3) is 0 Å². The van der Waals surface area contributed by atoms with Crippen LogP contribution in [0.1, 0.15) is 0 Å². The number of rotatable bonds is 0. The van der Waals surface area contributed by atoms with E-state index in [-0.39, 0.29) is 53.4 Å². The zero-order chi connectivity index (χ0) is 3.58. The van der Waals surface area contributed by atoms with Crippen LogP contribution in [0.4, 0.5) is 0 Å². The number of hydrogen-bond donors (Lipinski definition) is 1.